The Hall–Kier alpha value is -3.59. The first-order chi connectivity index (χ1) is 12.6. The van der Waals surface area contributed by atoms with Crippen molar-refractivity contribution in [1.82, 2.24) is 0 Å². The second-order valence-corrected chi connectivity index (χ2v) is 5.26. The van der Waals surface area contributed by atoms with Gasteiger partial charge in [0.25, 0.3) is 0 Å². The number of carbonyl (C=O) groups excluding carboxylic acids is 1. The van der Waals surface area contributed by atoms with E-state index in [1.807, 2.05) is 6.07 Å². The smallest absolute Gasteiger partial charge is 0.343 e. The molecule has 0 aliphatic rings. The lowest BCUT2D eigenvalue weighted by Gasteiger charge is -2.07. The highest BCUT2D eigenvalue weighted by Gasteiger charge is 2.08. The van der Waals surface area contributed by atoms with E-state index in [1.165, 1.54) is 6.08 Å². The molecule has 0 bridgehead atoms. The Kier molecular flexibility index (Phi) is 6.95. The molecule has 0 atom stereocenters. The molecular formula is C20H17NO5. The van der Waals surface area contributed by atoms with Gasteiger partial charge in [0, 0.05) is 12.5 Å². The first-order valence-corrected chi connectivity index (χ1v) is 7.91. The van der Waals surface area contributed by atoms with Crippen molar-refractivity contribution in [3.05, 3.63) is 65.7 Å². The quantitative estimate of drug-likeness (QED) is 0.337. The summed E-state index contributed by atoms with van der Waals surface area (Å²) in [5, 5.41) is 17.0. The van der Waals surface area contributed by atoms with Gasteiger partial charge in [-0.15, -0.1) is 0 Å². The number of carboxylic acid groups (broad SMARTS) is 1. The van der Waals surface area contributed by atoms with Crippen LogP contribution in [-0.2, 0) is 4.79 Å². The maximum atomic E-state index is 12.1. The maximum absolute atomic E-state index is 12.1. The van der Waals surface area contributed by atoms with E-state index < -0.39 is 11.9 Å². The number of benzene rings is 2. The lowest BCUT2D eigenvalue weighted by molar-refractivity contribution is -0.131. The molecule has 0 aliphatic carbocycles. The van der Waals surface area contributed by atoms with Crippen LogP contribution in [0, 0.1) is 11.3 Å². The number of aliphatic carboxylic acids is 1. The van der Waals surface area contributed by atoms with Gasteiger partial charge < -0.3 is 14.6 Å². The van der Waals surface area contributed by atoms with Crippen LogP contribution in [0.5, 0.6) is 11.5 Å². The summed E-state index contributed by atoms with van der Waals surface area (Å²) in [7, 11) is 0. The summed E-state index contributed by atoms with van der Waals surface area (Å²) in [5.41, 5.74) is 1.06. The summed E-state index contributed by atoms with van der Waals surface area (Å²) in [6.07, 6.45) is 3.57. The summed E-state index contributed by atoms with van der Waals surface area (Å²) in [5.74, 6) is -0.554. The van der Waals surface area contributed by atoms with Gasteiger partial charge in [-0.2, -0.15) is 5.26 Å². The maximum Gasteiger partial charge on any atom is 0.343 e. The molecule has 0 saturated heterocycles. The van der Waals surface area contributed by atoms with Crippen LogP contribution in [0.15, 0.2) is 54.6 Å². The molecule has 0 radical (unpaired) electrons. The molecule has 0 aromatic heterocycles. The monoisotopic (exact) mass is 351 g/mol. The zero-order valence-corrected chi connectivity index (χ0v) is 13.9. The summed E-state index contributed by atoms with van der Waals surface area (Å²) < 4.78 is 10.7. The molecule has 0 saturated carbocycles. The van der Waals surface area contributed by atoms with E-state index in [0.717, 1.165) is 6.08 Å². The molecule has 26 heavy (non-hydrogen) atoms. The molecular weight excluding hydrogens is 334 g/mol. The molecule has 0 aliphatic heterocycles. The largest absolute Gasteiger partial charge is 0.494 e. The van der Waals surface area contributed by atoms with Gasteiger partial charge in [-0.1, -0.05) is 12.1 Å². The van der Waals surface area contributed by atoms with Gasteiger partial charge in [-0.25, -0.2) is 9.59 Å². The van der Waals surface area contributed by atoms with E-state index in [9.17, 15) is 9.59 Å². The molecule has 2 aromatic rings. The second-order valence-electron chi connectivity index (χ2n) is 5.26. The van der Waals surface area contributed by atoms with Crippen molar-refractivity contribution in [3.8, 4) is 17.6 Å². The van der Waals surface area contributed by atoms with Gasteiger partial charge in [0.2, 0.25) is 0 Å². The normalized spacial score (nSPS) is 10.3. The van der Waals surface area contributed by atoms with Crippen molar-refractivity contribution in [3.63, 3.8) is 0 Å². The number of rotatable bonds is 8. The van der Waals surface area contributed by atoms with E-state index in [-0.39, 0.29) is 0 Å². The van der Waals surface area contributed by atoms with Crippen LogP contribution in [0.3, 0.4) is 0 Å². The van der Waals surface area contributed by atoms with Gasteiger partial charge in [-0.3, -0.25) is 0 Å². The first kappa shape index (κ1) is 18.7. The van der Waals surface area contributed by atoms with Crippen molar-refractivity contribution in [2.75, 3.05) is 6.61 Å². The topological polar surface area (TPSA) is 96.6 Å². The van der Waals surface area contributed by atoms with Gasteiger partial charge >= 0.3 is 11.9 Å². The molecule has 1 N–H and O–H groups in total. The van der Waals surface area contributed by atoms with E-state index in [2.05, 4.69) is 0 Å². The van der Waals surface area contributed by atoms with Crippen LogP contribution < -0.4 is 9.47 Å². The summed E-state index contributed by atoms with van der Waals surface area (Å²) in [6, 6.07) is 15.1. The van der Waals surface area contributed by atoms with E-state index in [1.54, 1.807) is 48.5 Å². The third-order valence-electron chi connectivity index (χ3n) is 3.30. The number of esters is 1. The number of carbonyl (C=O) groups is 2. The number of ether oxygens (including phenoxy) is 2. The highest BCUT2D eigenvalue weighted by Crippen LogP contribution is 2.17. The molecule has 0 spiro atoms. The van der Waals surface area contributed by atoms with Gasteiger partial charge in [0.1, 0.15) is 11.5 Å². The Labute approximate surface area is 150 Å². The predicted molar refractivity (Wildman–Crippen MR) is 94.9 cm³/mol. The molecule has 2 aromatic carbocycles. The van der Waals surface area contributed by atoms with E-state index in [4.69, 9.17) is 19.8 Å². The molecule has 0 fully saturated rings. The van der Waals surface area contributed by atoms with Gasteiger partial charge in [0.15, 0.2) is 0 Å². The van der Waals surface area contributed by atoms with Crippen molar-refractivity contribution in [1.29, 1.82) is 5.26 Å². The molecule has 6 nitrogen and oxygen atoms in total. The lowest BCUT2D eigenvalue weighted by Crippen LogP contribution is -2.08. The van der Waals surface area contributed by atoms with Crippen LogP contribution in [-0.4, -0.2) is 23.7 Å². The van der Waals surface area contributed by atoms with Crippen LogP contribution in [0.4, 0.5) is 0 Å². The van der Waals surface area contributed by atoms with Gasteiger partial charge in [0.05, 0.1) is 18.2 Å². The van der Waals surface area contributed by atoms with E-state index in [0.29, 0.717) is 42.1 Å². The van der Waals surface area contributed by atoms with Crippen LogP contribution in [0.2, 0.25) is 0 Å². The number of nitrogens with zero attached hydrogens (tertiary/aromatic N) is 1. The first-order valence-electron chi connectivity index (χ1n) is 7.91. The van der Waals surface area contributed by atoms with Crippen molar-refractivity contribution in [2.45, 2.75) is 12.8 Å². The lowest BCUT2D eigenvalue weighted by atomic mass is 10.2. The van der Waals surface area contributed by atoms with Gasteiger partial charge in [-0.05, 0) is 54.5 Å². The SMILES string of the molecule is N#CCCCOc1ccc(C(=O)Oc2ccc(/C=C/C(=O)O)cc2)cc1. The molecule has 0 heterocycles. The standard InChI is InChI=1S/C20H17NO5/c21-13-1-2-14-25-17-10-6-16(7-11-17)20(24)26-18-8-3-15(4-9-18)5-12-19(22)23/h3-12H,1-2,14H2,(H,22,23)/b12-5+. The minimum Gasteiger partial charge on any atom is -0.494 e. The third-order valence-corrected chi connectivity index (χ3v) is 3.30. The second kappa shape index (κ2) is 9.64. The summed E-state index contributed by atoms with van der Waals surface area (Å²) in [4.78, 5) is 22.6. The Bertz CT molecular complexity index is 817. The highest BCUT2D eigenvalue weighted by atomic mass is 16.5. The fraction of sp³-hybridized carbons (Fsp3) is 0.150. The number of carboxylic acids is 1. The highest BCUT2D eigenvalue weighted by molar-refractivity contribution is 5.91. The number of unbranched alkanes of at least 4 members (excludes halogenated alkanes) is 1. The average molecular weight is 351 g/mol. The number of hydrogen-bond acceptors (Lipinski definition) is 5. The fourth-order valence-corrected chi connectivity index (χ4v) is 2.01. The number of hydrogen-bond donors (Lipinski definition) is 1. The summed E-state index contributed by atoms with van der Waals surface area (Å²) in [6.45, 7) is 0.444. The van der Waals surface area contributed by atoms with Crippen LogP contribution >= 0.6 is 0 Å². The van der Waals surface area contributed by atoms with Crippen molar-refractivity contribution >= 4 is 18.0 Å². The predicted octanol–water partition coefficient (Wildman–Crippen LogP) is 3.69. The third kappa shape index (κ3) is 6.13. The Balaban J connectivity index is 1.91. The van der Waals surface area contributed by atoms with Crippen LogP contribution in [0.1, 0.15) is 28.8 Å². The Morgan fingerprint density at radius 1 is 1.04 bits per heavy atom. The molecule has 0 unspecified atom stereocenters. The molecule has 2 rings (SSSR count). The van der Waals surface area contributed by atoms with Crippen molar-refractivity contribution < 1.29 is 24.2 Å². The summed E-state index contributed by atoms with van der Waals surface area (Å²) >= 11 is 0. The average Bonchev–Trinajstić information content (AvgIpc) is 2.65. The molecule has 0 amide bonds. The van der Waals surface area contributed by atoms with E-state index >= 15 is 0 Å². The van der Waals surface area contributed by atoms with Crippen molar-refractivity contribution in [2.24, 2.45) is 0 Å². The minimum absolute atomic E-state index is 0.360. The Morgan fingerprint density at radius 3 is 2.31 bits per heavy atom. The van der Waals surface area contributed by atoms with Crippen LogP contribution in [0.25, 0.3) is 6.08 Å². The zero-order chi connectivity index (χ0) is 18.8. The number of nitriles is 1. The molecule has 6 heteroatoms. The zero-order valence-electron chi connectivity index (χ0n) is 13.9. The minimum atomic E-state index is -1.03. The fourth-order valence-electron chi connectivity index (χ4n) is 2.01. The molecule has 132 valence electrons. The Morgan fingerprint density at radius 2 is 1.69 bits per heavy atom.